The lowest BCUT2D eigenvalue weighted by atomic mass is 9.89. The molecule has 3 aromatic rings. The van der Waals surface area contributed by atoms with Gasteiger partial charge < -0.3 is 24.2 Å². The standard InChI is InChI=1S/C22H25N3O4/c1-14-7-5-6-8-16(14)22(26)9-10-25(12-22)21-15-11-17(27-2)19(28-3)20(29-4)18(15)23-13-24-21/h5-8,11,13,26H,9-10,12H2,1-4H3. The molecule has 1 aliphatic heterocycles. The lowest BCUT2D eigenvalue weighted by Crippen LogP contribution is -2.31. The number of nitrogens with zero attached hydrogens (tertiary/aromatic N) is 3. The van der Waals surface area contributed by atoms with Crippen LogP contribution in [0.2, 0.25) is 0 Å². The van der Waals surface area contributed by atoms with Gasteiger partial charge in [-0.15, -0.1) is 0 Å². The van der Waals surface area contributed by atoms with E-state index in [9.17, 15) is 5.11 Å². The molecule has 4 rings (SSSR count). The highest BCUT2D eigenvalue weighted by Gasteiger charge is 2.39. The van der Waals surface area contributed by atoms with Gasteiger partial charge in [-0.05, 0) is 30.5 Å². The topological polar surface area (TPSA) is 76.9 Å². The highest BCUT2D eigenvalue weighted by atomic mass is 16.5. The fourth-order valence-corrected chi connectivity index (χ4v) is 4.19. The molecule has 1 fully saturated rings. The average molecular weight is 395 g/mol. The molecular weight excluding hydrogens is 370 g/mol. The van der Waals surface area contributed by atoms with E-state index < -0.39 is 5.60 Å². The Balaban J connectivity index is 1.80. The van der Waals surface area contributed by atoms with E-state index in [-0.39, 0.29) is 0 Å². The molecule has 1 unspecified atom stereocenters. The Labute approximate surface area is 169 Å². The predicted octanol–water partition coefficient (Wildman–Crippen LogP) is 3.06. The third-order valence-electron chi connectivity index (χ3n) is 5.61. The minimum Gasteiger partial charge on any atom is -0.493 e. The van der Waals surface area contributed by atoms with Gasteiger partial charge in [-0.1, -0.05) is 24.3 Å². The fourth-order valence-electron chi connectivity index (χ4n) is 4.19. The molecule has 0 bridgehead atoms. The molecule has 0 spiro atoms. The second-order valence-corrected chi connectivity index (χ2v) is 7.26. The van der Waals surface area contributed by atoms with Crippen LogP contribution >= 0.6 is 0 Å². The van der Waals surface area contributed by atoms with Crippen molar-refractivity contribution in [2.24, 2.45) is 0 Å². The van der Waals surface area contributed by atoms with Gasteiger partial charge in [0.25, 0.3) is 0 Å². The Morgan fingerprint density at radius 3 is 2.48 bits per heavy atom. The molecule has 0 radical (unpaired) electrons. The molecule has 7 heteroatoms. The zero-order chi connectivity index (χ0) is 20.6. The number of ether oxygens (including phenoxy) is 3. The van der Waals surface area contributed by atoms with Gasteiger partial charge in [0.1, 0.15) is 23.3 Å². The number of methoxy groups -OCH3 is 3. The van der Waals surface area contributed by atoms with Gasteiger partial charge in [0.05, 0.1) is 33.3 Å². The first-order valence-electron chi connectivity index (χ1n) is 9.49. The van der Waals surface area contributed by atoms with Crippen molar-refractivity contribution in [3.63, 3.8) is 0 Å². The van der Waals surface area contributed by atoms with Crippen molar-refractivity contribution in [2.75, 3.05) is 39.3 Å². The number of hydrogen-bond acceptors (Lipinski definition) is 7. The van der Waals surface area contributed by atoms with Crippen molar-refractivity contribution >= 4 is 16.7 Å². The van der Waals surface area contributed by atoms with E-state index in [4.69, 9.17) is 14.2 Å². The fraction of sp³-hybridized carbons (Fsp3) is 0.364. The van der Waals surface area contributed by atoms with Gasteiger partial charge in [-0.3, -0.25) is 0 Å². The van der Waals surface area contributed by atoms with Crippen LogP contribution in [0.15, 0.2) is 36.7 Å². The maximum atomic E-state index is 11.4. The quantitative estimate of drug-likeness (QED) is 0.711. The molecule has 0 aliphatic carbocycles. The number of fused-ring (bicyclic) bond motifs is 1. The average Bonchev–Trinajstić information content (AvgIpc) is 3.14. The van der Waals surface area contributed by atoms with Gasteiger partial charge >= 0.3 is 0 Å². The lowest BCUT2D eigenvalue weighted by Gasteiger charge is -2.26. The Hall–Kier alpha value is -3.06. The van der Waals surface area contributed by atoms with Crippen LogP contribution in [0.25, 0.3) is 10.9 Å². The number of rotatable bonds is 5. The van der Waals surface area contributed by atoms with Crippen LogP contribution in [-0.2, 0) is 5.60 Å². The number of aliphatic hydroxyl groups is 1. The van der Waals surface area contributed by atoms with E-state index in [1.165, 1.54) is 6.33 Å². The molecule has 1 N–H and O–H groups in total. The summed E-state index contributed by atoms with van der Waals surface area (Å²) in [5, 5.41) is 12.2. The summed E-state index contributed by atoms with van der Waals surface area (Å²) in [6.45, 7) is 3.15. The van der Waals surface area contributed by atoms with Crippen LogP contribution in [-0.4, -0.2) is 49.5 Å². The highest BCUT2D eigenvalue weighted by molar-refractivity contribution is 5.97. The first-order valence-corrected chi connectivity index (χ1v) is 9.49. The van der Waals surface area contributed by atoms with Crippen LogP contribution < -0.4 is 19.1 Å². The van der Waals surface area contributed by atoms with Gasteiger partial charge in [0, 0.05) is 6.54 Å². The van der Waals surface area contributed by atoms with Crippen molar-refractivity contribution < 1.29 is 19.3 Å². The number of aromatic nitrogens is 2. The molecule has 7 nitrogen and oxygen atoms in total. The second-order valence-electron chi connectivity index (χ2n) is 7.26. The van der Waals surface area contributed by atoms with Gasteiger partial charge in [0.2, 0.25) is 5.75 Å². The third kappa shape index (κ3) is 3.11. The summed E-state index contributed by atoms with van der Waals surface area (Å²) in [6.07, 6.45) is 2.13. The molecule has 1 atom stereocenters. The van der Waals surface area contributed by atoms with E-state index in [2.05, 4.69) is 14.9 Å². The van der Waals surface area contributed by atoms with Gasteiger partial charge in [-0.25, -0.2) is 9.97 Å². The maximum absolute atomic E-state index is 11.4. The highest BCUT2D eigenvalue weighted by Crippen LogP contribution is 2.45. The van der Waals surface area contributed by atoms with Gasteiger partial charge in [0.15, 0.2) is 11.5 Å². The summed E-state index contributed by atoms with van der Waals surface area (Å²) < 4.78 is 16.5. The molecular formula is C22H25N3O4. The molecule has 2 heterocycles. The summed E-state index contributed by atoms with van der Waals surface area (Å²) >= 11 is 0. The van der Waals surface area contributed by atoms with Crippen molar-refractivity contribution in [3.8, 4) is 17.2 Å². The molecule has 29 heavy (non-hydrogen) atoms. The number of aryl methyl sites for hydroxylation is 1. The largest absolute Gasteiger partial charge is 0.493 e. The third-order valence-corrected chi connectivity index (χ3v) is 5.61. The zero-order valence-corrected chi connectivity index (χ0v) is 17.1. The summed E-state index contributed by atoms with van der Waals surface area (Å²) in [7, 11) is 4.72. The SMILES string of the molecule is COc1cc2c(N3CCC(O)(c4ccccc4C)C3)ncnc2c(OC)c1OC. The molecule has 1 aliphatic rings. The van der Waals surface area contributed by atoms with Gasteiger partial charge in [-0.2, -0.15) is 0 Å². The molecule has 0 saturated carbocycles. The van der Waals surface area contributed by atoms with E-state index in [0.717, 1.165) is 22.3 Å². The summed E-state index contributed by atoms with van der Waals surface area (Å²) in [4.78, 5) is 11.0. The predicted molar refractivity (Wildman–Crippen MR) is 111 cm³/mol. The molecule has 1 saturated heterocycles. The Bertz CT molecular complexity index is 1060. The van der Waals surface area contributed by atoms with Crippen molar-refractivity contribution in [1.29, 1.82) is 0 Å². The van der Waals surface area contributed by atoms with E-state index >= 15 is 0 Å². The zero-order valence-electron chi connectivity index (χ0n) is 17.1. The Morgan fingerprint density at radius 1 is 1.03 bits per heavy atom. The van der Waals surface area contributed by atoms with Crippen molar-refractivity contribution in [1.82, 2.24) is 9.97 Å². The van der Waals surface area contributed by atoms with Crippen molar-refractivity contribution in [2.45, 2.75) is 18.9 Å². The summed E-state index contributed by atoms with van der Waals surface area (Å²) in [5.41, 5.74) is 1.75. The Morgan fingerprint density at radius 2 is 1.79 bits per heavy atom. The number of hydrogen-bond donors (Lipinski definition) is 1. The number of β-amino-alcohol motifs (C(OH)–C–C–N with tert-alkyl or cyclic N) is 1. The smallest absolute Gasteiger partial charge is 0.205 e. The van der Waals surface area contributed by atoms with Crippen LogP contribution in [0.1, 0.15) is 17.5 Å². The number of anilines is 1. The molecule has 0 amide bonds. The van der Waals surface area contributed by atoms with E-state index in [0.29, 0.717) is 42.3 Å². The first-order chi connectivity index (χ1) is 14.0. The normalized spacial score (nSPS) is 18.9. The van der Waals surface area contributed by atoms with Crippen LogP contribution in [0.3, 0.4) is 0 Å². The van der Waals surface area contributed by atoms with Crippen molar-refractivity contribution in [3.05, 3.63) is 47.8 Å². The van der Waals surface area contributed by atoms with E-state index in [1.807, 2.05) is 37.3 Å². The molecule has 2 aromatic carbocycles. The molecule has 1 aromatic heterocycles. The first kappa shape index (κ1) is 19.3. The Kier molecular flexibility index (Phi) is 4.92. The summed E-state index contributed by atoms with van der Waals surface area (Å²) in [5.74, 6) is 2.27. The van der Waals surface area contributed by atoms with Crippen LogP contribution in [0.5, 0.6) is 17.2 Å². The minimum atomic E-state index is -0.927. The summed E-state index contributed by atoms with van der Waals surface area (Å²) in [6, 6.07) is 9.83. The maximum Gasteiger partial charge on any atom is 0.205 e. The van der Waals surface area contributed by atoms with E-state index in [1.54, 1.807) is 21.3 Å². The second kappa shape index (κ2) is 7.40. The lowest BCUT2D eigenvalue weighted by molar-refractivity contribution is 0.0600. The minimum absolute atomic E-state index is 0.445. The molecule has 152 valence electrons. The van der Waals surface area contributed by atoms with Crippen LogP contribution in [0.4, 0.5) is 5.82 Å². The van der Waals surface area contributed by atoms with Crippen LogP contribution in [0, 0.1) is 6.92 Å². The number of benzene rings is 2. The monoisotopic (exact) mass is 395 g/mol.